The fraction of sp³-hybridized carbons (Fsp3) is 0.419. The predicted molar refractivity (Wildman–Crippen MR) is 161 cm³/mol. The van der Waals surface area contributed by atoms with Gasteiger partial charge in [-0.25, -0.2) is 0 Å². The highest BCUT2D eigenvalue weighted by molar-refractivity contribution is 6.01. The zero-order valence-electron chi connectivity index (χ0n) is 25.1. The largest absolute Gasteiger partial charge is 0.491 e. The van der Waals surface area contributed by atoms with Gasteiger partial charge in [0.2, 0.25) is 29.5 Å². The number of nitrogens with one attached hydrogen (secondary N) is 5. The van der Waals surface area contributed by atoms with Crippen LogP contribution in [0.4, 0.5) is 0 Å². The number of ether oxygens (including phenoxy) is 1. The van der Waals surface area contributed by atoms with E-state index in [4.69, 9.17) is 10.5 Å². The van der Waals surface area contributed by atoms with Gasteiger partial charge in [0.15, 0.2) is 0 Å². The lowest BCUT2D eigenvalue weighted by atomic mass is 10.0. The van der Waals surface area contributed by atoms with Crippen molar-refractivity contribution in [3.05, 3.63) is 65.7 Å². The highest BCUT2D eigenvalue weighted by Crippen LogP contribution is 2.19. The number of nitrogens with two attached hydrogens (primary N) is 1. The van der Waals surface area contributed by atoms with Crippen LogP contribution in [0.5, 0.6) is 5.75 Å². The van der Waals surface area contributed by atoms with Crippen molar-refractivity contribution in [1.29, 1.82) is 0 Å². The van der Waals surface area contributed by atoms with Gasteiger partial charge in [0.25, 0.3) is 5.91 Å². The van der Waals surface area contributed by atoms with Gasteiger partial charge < -0.3 is 37.1 Å². The Kier molecular flexibility index (Phi) is 12.2. The van der Waals surface area contributed by atoms with Crippen LogP contribution in [0.15, 0.2) is 54.6 Å². The lowest BCUT2D eigenvalue weighted by Crippen LogP contribution is -2.58. The second-order valence-electron chi connectivity index (χ2n) is 11.0. The maximum atomic E-state index is 13.4. The van der Waals surface area contributed by atoms with Gasteiger partial charge in [-0.1, -0.05) is 56.3 Å². The highest BCUT2D eigenvalue weighted by Gasteiger charge is 2.32. The van der Waals surface area contributed by atoms with E-state index in [1.807, 2.05) is 30.3 Å². The lowest BCUT2D eigenvalue weighted by Gasteiger charge is -2.26. The molecule has 6 amide bonds. The average Bonchev–Trinajstić information content (AvgIpc) is 2.97. The summed E-state index contributed by atoms with van der Waals surface area (Å²) in [7, 11) is 0. The molecule has 0 aliphatic carbocycles. The minimum atomic E-state index is -1.43. The van der Waals surface area contributed by atoms with Crippen LogP contribution < -0.4 is 37.1 Å². The van der Waals surface area contributed by atoms with E-state index in [2.05, 4.69) is 26.6 Å². The number of para-hydroxylation sites is 1. The van der Waals surface area contributed by atoms with Crippen LogP contribution in [0.1, 0.15) is 49.5 Å². The van der Waals surface area contributed by atoms with Crippen molar-refractivity contribution in [2.75, 3.05) is 13.2 Å². The van der Waals surface area contributed by atoms with Gasteiger partial charge in [-0.15, -0.1) is 0 Å². The van der Waals surface area contributed by atoms with Crippen LogP contribution in [-0.2, 0) is 30.4 Å². The number of hydrogen-bond acceptors (Lipinski definition) is 7. The summed E-state index contributed by atoms with van der Waals surface area (Å²) in [5.41, 5.74) is 6.44. The third kappa shape index (κ3) is 10.1. The van der Waals surface area contributed by atoms with E-state index < -0.39 is 72.5 Å². The van der Waals surface area contributed by atoms with Gasteiger partial charge in [0, 0.05) is 6.54 Å². The molecule has 0 aromatic heterocycles. The van der Waals surface area contributed by atoms with Crippen molar-refractivity contribution < 1.29 is 33.5 Å². The van der Waals surface area contributed by atoms with Crippen molar-refractivity contribution in [1.82, 2.24) is 26.6 Å². The summed E-state index contributed by atoms with van der Waals surface area (Å²) in [5, 5.41) is 13.1. The van der Waals surface area contributed by atoms with Crippen molar-refractivity contribution in [3.8, 4) is 5.75 Å². The van der Waals surface area contributed by atoms with Crippen molar-refractivity contribution in [2.45, 2.75) is 64.2 Å². The van der Waals surface area contributed by atoms with Gasteiger partial charge in [-0.2, -0.15) is 0 Å². The molecule has 0 unspecified atom stereocenters. The Hall–Kier alpha value is -4.94. The topological polar surface area (TPSA) is 198 Å². The first-order valence-corrected chi connectivity index (χ1v) is 14.5. The van der Waals surface area contributed by atoms with Gasteiger partial charge in [0.05, 0.1) is 24.4 Å². The minimum absolute atomic E-state index is 0.0114. The maximum Gasteiger partial charge on any atom is 0.255 e. The molecule has 0 radical (unpaired) electrons. The second-order valence-corrected chi connectivity index (χ2v) is 11.0. The molecular weight excluding hydrogens is 568 g/mol. The van der Waals surface area contributed by atoms with Gasteiger partial charge >= 0.3 is 0 Å². The number of amides is 6. The Morgan fingerprint density at radius 3 is 2.30 bits per heavy atom. The molecule has 44 heavy (non-hydrogen) atoms. The molecule has 1 aliphatic rings. The third-order valence-electron chi connectivity index (χ3n) is 6.88. The maximum absolute atomic E-state index is 13.4. The second kappa shape index (κ2) is 16.1. The summed E-state index contributed by atoms with van der Waals surface area (Å²) in [6.45, 7) is 5.37. The molecule has 7 N–H and O–H groups in total. The molecule has 3 rings (SSSR count). The number of primary amides is 1. The smallest absolute Gasteiger partial charge is 0.255 e. The van der Waals surface area contributed by atoms with Crippen molar-refractivity contribution in [3.63, 3.8) is 0 Å². The molecule has 2 aromatic rings. The van der Waals surface area contributed by atoms with Crippen LogP contribution >= 0.6 is 0 Å². The van der Waals surface area contributed by atoms with E-state index >= 15 is 0 Å². The molecule has 0 saturated heterocycles. The van der Waals surface area contributed by atoms with E-state index in [0.717, 1.165) is 5.56 Å². The summed E-state index contributed by atoms with van der Waals surface area (Å²) >= 11 is 0. The summed E-state index contributed by atoms with van der Waals surface area (Å²) in [6, 6.07) is 11.5. The Bertz CT molecular complexity index is 1350. The zero-order chi connectivity index (χ0) is 32.2. The summed E-state index contributed by atoms with van der Waals surface area (Å²) in [5.74, 6) is -4.43. The first-order valence-electron chi connectivity index (χ1n) is 14.5. The highest BCUT2D eigenvalue weighted by atomic mass is 16.5. The Balaban J connectivity index is 1.91. The fourth-order valence-corrected chi connectivity index (χ4v) is 4.55. The number of fused-ring (bicyclic) bond motifs is 1. The number of carbonyl (C=O) groups excluding carboxylic acids is 6. The van der Waals surface area contributed by atoms with Gasteiger partial charge in [0.1, 0.15) is 30.5 Å². The van der Waals surface area contributed by atoms with E-state index in [9.17, 15) is 28.8 Å². The van der Waals surface area contributed by atoms with Crippen LogP contribution in [-0.4, -0.2) is 72.8 Å². The molecule has 0 saturated carbocycles. The predicted octanol–water partition coefficient (Wildman–Crippen LogP) is -0.0679. The van der Waals surface area contributed by atoms with E-state index in [-0.39, 0.29) is 30.4 Å². The third-order valence-corrected chi connectivity index (χ3v) is 6.88. The molecule has 0 spiro atoms. The number of hydrogen-bond donors (Lipinski definition) is 6. The molecule has 2 aromatic carbocycles. The Labute approximate surface area is 256 Å². The lowest BCUT2D eigenvalue weighted by molar-refractivity contribution is -0.135. The summed E-state index contributed by atoms with van der Waals surface area (Å²) in [6.07, 6.45) is -0.597. The molecule has 1 heterocycles. The summed E-state index contributed by atoms with van der Waals surface area (Å²) < 4.78 is 5.86. The standard InChI is InChI=1S/C31H40N6O7/c1-18(2)27-31(43)34-19(3)17-44-24-12-8-7-11-21(24)28(40)36-23(29(41)33-14-13-20-9-5-4-6-10-20)16-26(39)35-22(15-25(32)38)30(42)37-27/h4-12,18-19,22-23,27H,13-17H2,1-3H3,(H2,32,38)(H,33,41)(H,34,43)(H,35,39)(H,36,40)(H,37,42)/t19-,22-,23-,27+/m0/s1. The quantitative estimate of drug-likeness (QED) is 0.253. The number of carbonyl (C=O) groups is 6. The van der Waals surface area contributed by atoms with E-state index in [0.29, 0.717) is 6.42 Å². The Morgan fingerprint density at radius 1 is 0.932 bits per heavy atom. The summed E-state index contributed by atoms with van der Waals surface area (Å²) in [4.78, 5) is 77.9. The molecule has 4 atom stereocenters. The molecule has 0 fully saturated rings. The van der Waals surface area contributed by atoms with Crippen molar-refractivity contribution in [2.24, 2.45) is 11.7 Å². The minimum Gasteiger partial charge on any atom is -0.491 e. The van der Waals surface area contributed by atoms with Crippen LogP contribution in [0, 0.1) is 5.92 Å². The van der Waals surface area contributed by atoms with Crippen molar-refractivity contribution >= 4 is 35.4 Å². The van der Waals surface area contributed by atoms with E-state index in [1.54, 1.807) is 39.0 Å². The number of benzene rings is 2. The molecule has 0 bridgehead atoms. The van der Waals surface area contributed by atoms with Crippen LogP contribution in [0.3, 0.4) is 0 Å². The van der Waals surface area contributed by atoms with Crippen LogP contribution in [0.25, 0.3) is 0 Å². The average molecular weight is 609 g/mol. The Morgan fingerprint density at radius 2 is 1.61 bits per heavy atom. The van der Waals surface area contributed by atoms with Gasteiger partial charge in [-0.05, 0) is 37.0 Å². The SMILES string of the molecule is CC(C)[C@H]1NC(=O)[C@H](CC(N)=O)NC(=O)C[C@@H](C(=O)NCCc2ccccc2)NC(=O)c2ccccc2OC[C@H](C)NC1=O. The fourth-order valence-electron chi connectivity index (χ4n) is 4.55. The van der Waals surface area contributed by atoms with Gasteiger partial charge in [-0.3, -0.25) is 28.8 Å². The van der Waals surface area contributed by atoms with E-state index in [1.165, 1.54) is 6.07 Å². The molecule has 1 aliphatic heterocycles. The number of rotatable bonds is 7. The normalized spacial score (nSPS) is 21.8. The zero-order valence-corrected chi connectivity index (χ0v) is 25.1. The molecule has 13 heteroatoms. The monoisotopic (exact) mass is 608 g/mol. The first-order chi connectivity index (χ1) is 20.9. The molecule has 13 nitrogen and oxygen atoms in total. The molecular formula is C31H40N6O7. The van der Waals surface area contributed by atoms with Crippen LogP contribution in [0.2, 0.25) is 0 Å². The molecule has 236 valence electrons. The first kappa shape index (κ1) is 33.6.